The minimum atomic E-state index is -2.43. The van der Waals surface area contributed by atoms with Crippen molar-refractivity contribution >= 4 is 47.1 Å². The number of aliphatic hydroxyl groups excluding tert-OH is 3. The number of aliphatic hydroxyl groups is 4. The fourth-order valence-corrected chi connectivity index (χ4v) is 10.2. The number of β-amino-alcohol motifs (C(OH)–C–C–N with tert-alkyl or cyclic N) is 1. The summed E-state index contributed by atoms with van der Waals surface area (Å²) in [5, 5.41) is 74.4. The van der Waals surface area contributed by atoms with E-state index in [9.17, 15) is 69.0 Å². The molecule has 1 aromatic heterocycles. The number of fused-ring (bicyclic) bond motifs is 3. The van der Waals surface area contributed by atoms with Crippen LogP contribution in [-0.2, 0) is 51.2 Å². The van der Waals surface area contributed by atoms with Gasteiger partial charge in [-0.3, -0.25) is 43.4 Å². The number of likely N-dealkylation sites (tertiary alicyclic amines) is 2. The highest BCUT2D eigenvalue weighted by molar-refractivity contribution is 6.31. The van der Waals surface area contributed by atoms with Gasteiger partial charge in [0.25, 0.3) is 0 Å². The van der Waals surface area contributed by atoms with Gasteiger partial charge in [0.1, 0.15) is 60.3 Å². The molecule has 10 atom stereocenters. The van der Waals surface area contributed by atoms with Crippen molar-refractivity contribution in [3.8, 4) is 17.2 Å². The van der Waals surface area contributed by atoms with Crippen LogP contribution in [0.3, 0.4) is 0 Å². The summed E-state index contributed by atoms with van der Waals surface area (Å²) < 4.78 is 22.9. The highest BCUT2D eigenvalue weighted by Crippen LogP contribution is 2.52. The first-order chi connectivity index (χ1) is 34.8. The van der Waals surface area contributed by atoms with Crippen LogP contribution < -0.4 is 20.7 Å². The van der Waals surface area contributed by atoms with Crippen LogP contribution >= 0.6 is 0 Å². The van der Waals surface area contributed by atoms with Gasteiger partial charge in [-0.2, -0.15) is 0 Å². The van der Waals surface area contributed by atoms with E-state index in [1.165, 1.54) is 50.3 Å². The van der Waals surface area contributed by atoms with Crippen LogP contribution in [0.25, 0.3) is 0 Å². The van der Waals surface area contributed by atoms with Crippen LogP contribution in [0.2, 0.25) is 0 Å². The summed E-state index contributed by atoms with van der Waals surface area (Å²) in [6.07, 6.45) is -5.30. The number of hydrogen-bond acceptors (Lipinski definition) is 19. The van der Waals surface area contributed by atoms with Crippen molar-refractivity contribution < 1.29 is 87.9 Å². The van der Waals surface area contributed by atoms with Crippen LogP contribution in [0, 0.1) is 0 Å². The quantitative estimate of drug-likeness (QED) is 0.0680. The predicted octanol–water partition coefficient (Wildman–Crippen LogP) is -1.06. The van der Waals surface area contributed by atoms with E-state index in [1.54, 1.807) is 18.3 Å². The molecule has 3 saturated heterocycles. The van der Waals surface area contributed by atoms with Gasteiger partial charge in [0.05, 0.1) is 61.2 Å². The summed E-state index contributed by atoms with van der Waals surface area (Å²) in [5.41, 5.74) is -3.85. The molecule has 5 amide bonds. The highest BCUT2D eigenvalue weighted by Gasteiger charge is 2.51. The van der Waals surface area contributed by atoms with Gasteiger partial charge in [-0.25, -0.2) is 4.79 Å². The van der Waals surface area contributed by atoms with Gasteiger partial charge in [-0.1, -0.05) is 18.2 Å². The van der Waals surface area contributed by atoms with Gasteiger partial charge in [-0.05, 0) is 38.8 Å². The fraction of sp³-hybridized carbons (Fsp3) is 0.490. The third-order valence-electron chi connectivity index (χ3n) is 14.0. The van der Waals surface area contributed by atoms with Gasteiger partial charge in [0.15, 0.2) is 17.9 Å². The lowest BCUT2D eigenvalue weighted by Gasteiger charge is -2.43. The number of carbonyl (C=O) groups excluding carboxylic acids is 8. The van der Waals surface area contributed by atoms with E-state index in [2.05, 4.69) is 20.9 Å². The maximum absolute atomic E-state index is 14.1. The minimum Gasteiger partial charge on any atom is -0.507 e. The summed E-state index contributed by atoms with van der Waals surface area (Å²) >= 11 is 0. The number of phenolic OH excluding ortho intramolecular Hbond substituents is 2. The molecule has 24 nitrogen and oxygen atoms in total. The molecule has 390 valence electrons. The van der Waals surface area contributed by atoms with Gasteiger partial charge < -0.3 is 70.4 Å². The van der Waals surface area contributed by atoms with Crippen molar-refractivity contribution in [2.24, 2.45) is 0 Å². The number of nitrogens with zero attached hydrogens (tertiary/aromatic N) is 3. The number of ether oxygens (including phenoxy) is 4. The fourth-order valence-electron chi connectivity index (χ4n) is 10.2. The first kappa shape index (κ1) is 52.2. The summed E-state index contributed by atoms with van der Waals surface area (Å²) in [7, 11) is 1.28. The second-order valence-electron chi connectivity index (χ2n) is 18.8. The SMILES string of the molecule is COc1cccc2c1C(=O)c1c(O)c3c(c(O)c1C2=O)C[C@@](O)(C(=O)CO)C[C@@H]3O[C@@H]1C[C@H](NC(=O)[C@@H]2CCCN2C(=O)CNC(=O)[C@H](C)NC(=O)[C@@H]2C[C@@H](O)CN2C(=O)OCc2cccnc2)[C@H](O)[C@H](C)O1. The zero-order chi connectivity index (χ0) is 52.6. The van der Waals surface area contributed by atoms with Crippen LogP contribution in [0.1, 0.15) is 101 Å². The minimum absolute atomic E-state index is 0.0193. The number of Topliss-reactive ketones (excluding diaryl/α,β-unsaturated/α-hetero) is 1. The molecule has 0 bridgehead atoms. The van der Waals surface area contributed by atoms with Crippen molar-refractivity contribution in [3.63, 3.8) is 0 Å². The summed E-state index contributed by atoms with van der Waals surface area (Å²) in [6, 6.07) is 3.07. The van der Waals surface area contributed by atoms with Gasteiger partial charge >= 0.3 is 6.09 Å². The van der Waals surface area contributed by atoms with Gasteiger partial charge in [0, 0.05) is 66.9 Å². The summed E-state index contributed by atoms with van der Waals surface area (Å²) in [6.45, 7) is 0.963. The number of aromatic nitrogens is 1. The van der Waals surface area contributed by atoms with Crippen LogP contribution in [0.4, 0.5) is 4.79 Å². The van der Waals surface area contributed by atoms with Gasteiger partial charge in [-0.15, -0.1) is 0 Å². The Labute approximate surface area is 416 Å². The lowest BCUT2D eigenvalue weighted by molar-refractivity contribution is -0.249. The molecule has 9 N–H and O–H groups in total. The summed E-state index contributed by atoms with van der Waals surface area (Å²) in [5.74, 6) is -7.19. The smallest absolute Gasteiger partial charge is 0.410 e. The normalized spacial score (nSPS) is 26.7. The van der Waals surface area contributed by atoms with Crippen molar-refractivity contribution in [3.05, 3.63) is 81.7 Å². The van der Waals surface area contributed by atoms with Crippen LogP contribution in [0.15, 0.2) is 42.7 Å². The van der Waals surface area contributed by atoms with E-state index < -0.39 is 156 Å². The molecule has 0 saturated carbocycles. The topological polar surface area (TPSA) is 350 Å². The molecule has 3 aromatic rings. The Morgan fingerprint density at radius 2 is 1.71 bits per heavy atom. The molecule has 3 aliphatic heterocycles. The number of aromatic hydroxyl groups is 2. The largest absolute Gasteiger partial charge is 0.507 e. The first-order valence-corrected chi connectivity index (χ1v) is 23.7. The van der Waals surface area contributed by atoms with Crippen molar-refractivity contribution in [2.45, 2.75) is 119 Å². The van der Waals surface area contributed by atoms with E-state index in [0.29, 0.717) is 12.0 Å². The molecule has 2 aromatic carbocycles. The number of hydrogen-bond donors (Lipinski definition) is 9. The average Bonchev–Trinajstić information content (AvgIpc) is 4.04. The Kier molecular flexibility index (Phi) is 15.1. The number of nitrogens with one attached hydrogen (secondary N) is 3. The average molecular weight is 1020 g/mol. The maximum atomic E-state index is 14.1. The van der Waals surface area contributed by atoms with Crippen molar-refractivity contribution in [2.75, 3.05) is 33.4 Å². The van der Waals surface area contributed by atoms with E-state index >= 15 is 0 Å². The lowest BCUT2D eigenvalue weighted by Crippen LogP contribution is -2.59. The molecule has 24 heteroatoms. The van der Waals surface area contributed by atoms with E-state index in [4.69, 9.17) is 18.9 Å². The predicted molar refractivity (Wildman–Crippen MR) is 247 cm³/mol. The Hall–Kier alpha value is -7.09. The molecule has 4 heterocycles. The zero-order valence-corrected chi connectivity index (χ0v) is 39.9. The number of phenols is 2. The highest BCUT2D eigenvalue weighted by atomic mass is 16.7. The van der Waals surface area contributed by atoms with Gasteiger partial charge in [0.2, 0.25) is 29.4 Å². The number of benzene rings is 2. The lowest BCUT2D eigenvalue weighted by atomic mass is 9.72. The van der Waals surface area contributed by atoms with Crippen molar-refractivity contribution in [1.29, 1.82) is 0 Å². The molecule has 73 heavy (non-hydrogen) atoms. The molecule has 5 aliphatic rings. The first-order valence-electron chi connectivity index (χ1n) is 23.7. The van der Waals surface area contributed by atoms with E-state index in [0.717, 1.165) is 4.90 Å². The third-order valence-corrected chi connectivity index (χ3v) is 14.0. The number of amides is 5. The molecule has 8 rings (SSSR count). The number of methoxy groups -OCH3 is 1. The molecule has 3 fully saturated rings. The number of pyridine rings is 1. The third kappa shape index (κ3) is 10.2. The molecule has 0 unspecified atom stereocenters. The number of carbonyl (C=O) groups is 8. The summed E-state index contributed by atoms with van der Waals surface area (Å²) in [4.78, 5) is 114. The number of ketones is 3. The maximum Gasteiger partial charge on any atom is 0.410 e. The molecule has 2 aliphatic carbocycles. The second kappa shape index (κ2) is 21.2. The Balaban J connectivity index is 0.911. The molecular weight excluding hydrogens is 961 g/mol. The van der Waals surface area contributed by atoms with E-state index in [1.807, 2.05) is 0 Å². The zero-order valence-electron chi connectivity index (χ0n) is 39.9. The van der Waals surface area contributed by atoms with E-state index in [-0.39, 0.29) is 67.0 Å². The molecular formula is C49H56N6O18. The van der Waals surface area contributed by atoms with Crippen LogP contribution in [0.5, 0.6) is 17.2 Å². The Bertz CT molecular complexity index is 2720. The Morgan fingerprint density at radius 1 is 0.959 bits per heavy atom. The standard InChI is InChI=1S/C49H56N6O18/c1-22(52-47(67)30-13-25(57)19-55(30)48(68)71-21-24-7-5-11-50-17-24)45(65)51-18-34(59)54-12-6-9-29(54)46(66)53-28-14-35(72-23(2)40(28)60)73-32-16-49(69,33(58)20-56)15-27-37(32)44(64)39-38(42(27)62)41(61)26-8-4-10-31(70-3)36(26)43(39)63/h4-5,7-8,10-11,17,22-23,25,28-30,32,35,40,56-57,60,62,64,69H,6,9,12-16,18-21H2,1-3H3,(H,51,65)(H,52,67)(H,53,66)/t22-,23-,25+,28-,29-,30-,32-,35+,40+,49-/m0/s1. The monoisotopic (exact) mass is 1020 g/mol. The van der Waals surface area contributed by atoms with Crippen LogP contribution in [-0.4, -0.2) is 180 Å². The van der Waals surface area contributed by atoms with Crippen molar-refractivity contribution in [1.82, 2.24) is 30.7 Å². The molecule has 0 spiro atoms. The second-order valence-corrected chi connectivity index (χ2v) is 18.8. The number of rotatable bonds is 14. The molecule has 0 radical (unpaired) electrons. The Morgan fingerprint density at radius 3 is 2.42 bits per heavy atom.